The lowest BCUT2D eigenvalue weighted by atomic mass is 10.2. The molecule has 14 heavy (non-hydrogen) atoms. The zero-order valence-corrected chi connectivity index (χ0v) is 8.29. The summed E-state index contributed by atoms with van der Waals surface area (Å²) < 4.78 is 5.28. The van der Waals surface area contributed by atoms with Gasteiger partial charge in [-0.2, -0.15) is 5.26 Å². The summed E-state index contributed by atoms with van der Waals surface area (Å²) in [5, 5.41) is 17.7. The number of hydrogen-bond donors (Lipinski definition) is 1. The fraction of sp³-hybridized carbons (Fsp3) is 0.300. The molecular weight excluding hydrogens is 202 g/mol. The van der Waals surface area contributed by atoms with Gasteiger partial charge in [0.25, 0.3) is 0 Å². The second-order valence-electron chi connectivity index (χ2n) is 2.65. The normalized spacial score (nSPS) is 9.50. The summed E-state index contributed by atoms with van der Waals surface area (Å²) in [4.78, 5) is 0. The van der Waals surface area contributed by atoms with E-state index in [1.54, 1.807) is 18.2 Å². The summed E-state index contributed by atoms with van der Waals surface area (Å²) in [7, 11) is 0. The maximum Gasteiger partial charge on any atom is 0.138 e. The van der Waals surface area contributed by atoms with Crippen molar-refractivity contribution in [2.45, 2.75) is 6.42 Å². The second kappa shape index (κ2) is 5.48. The topological polar surface area (TPSA) is 53.2 Å². The number of benzene rings is 1. The van der Waals surface area contributed by atoms with Crippen molar-refractivity contribution in [3.63, 3.8) is 0 Å². The predicted molar refractivity (Wildman–Crippen MR) is 53.4 cm³/mol. The van der Waals surface area contributed by atoms with Gasteiger partial charge in [0.05, 0.1) is 11.6 Å². The predicted octanol–water partition coefficient (Wildman–Crippen LogP) is 1.97. The van der Waals surface area contributed by atoms with E-state index in [9.17, 15) is 0 Å². The molecule has 0 atom stereocenters. The van der Waals surface area contributed by atoms with E-state index in [-0.39, 0.29) is 6.61 Å². The zero-order chi connectivity index (χ0) is 10.4. The molecule has 0 aliphatic heterocycles. The minimum Gasteiger partial charge on any atom is -0.492 e. The molecule has 74 valence electrons. The van der Waals surface area contributed by atoms with Crippen molar-refractivity contribution in [2.75, 3.05) is 13.2 Å². The van der Waals surface area contributed by atoms with E-state index in [0.29, 0.717) is 29.4 Å². The molecule has 0 radical (unpaired) electrons. The first kappa shape index (κ1) is 10.8. The van der Waals surface area contributed by atoms with Crippen LogP contribution in [0, 0.1) is 11.3 Å². The lowest BCUT2D eigenvalue weighted by Gasteiger charge is -2.07. The van der Waals surface area contributed by atoms with E-state index in [0.717, 1.165) is 0 Å². The van der Waals surface area contributed by atoms with E-state index < -0.39 is 0 Å². The highest BCUT2D eigenvalue weighted by Gasteiger charge is 2.06. The average molecular weight is 212 g/mol. The van der Waals surface area contributed by atoms with Crippen LogP contribution in [-0.4, -0.2) is 18.3 Å². The van der Waals surface area contributed by atoms with E-state index >= 15 is 0 Å². The van der Waals surface area contributed by atoms with Gasteiger partial charge in [0.2, 0.25) is 0 Å². The summed E-state index contributed by atoms with van der Waals surface area (Å²) in [5.74, 6) is 0.466. The van der Waals surface area contributed by atoms with Crippen LogP contribution in [-0.2, 0) is 0 Å². The van der Waals surface area contributed by atoms with Crippen molar-refractivity contribution in [3.05, 3.63) is 28.8 Å². The van der Waals surface area contributed by atoms with Crippen LogP contribution in [0.5, 0.6) is 5.75 Å². The third-order valence-electron chi connectivity index (χ3n) is 1.65. The molecule has 0 saturated carbocycles. The molecule has 3 nitrogen and oxygen atoms in total. The van der Waals surface area contributed by atoms with E-state index in [2.05, 4.69) is 0 Å². The zero-order valence-electron chi connectivity index (χ0n) is 7.53. The Morgan fingerprint density at radius 2 is 2.29 bits per heavy atom. The highest BCUT2D eigenvalue weighted by atomic mass is 35.5. The van der Waals surface area contributed by atoms with Gasteiger partial charge in [-0.05, 0) is 12.1 Å². The van der Waals surface area contributed by atoms with Crippen LogP contribution in [0.15, 0.2) is 18.2 Å². The van der Waals surface area contributed by atoms with Crippen LogP contribution in [0.4, 0.5) is 0 Å². The van der Waals surface area contributed by atoms with Crippen LogP contribution in [0.2, 0.25) is 5.02 Å². The molecule has 0 spiro atoms. The number of nitriles is 1. The Morgan fingerprint density at radius 1 is 1.50 bits per heavy atom. The summed E-state index contributed by atoms with van der Waals surface area (Å²) in [6.45, 7) is 0.452. The third kappa shape index (κ3) is 2.63. The first-order valence-corrected chi connectivity index (χ1v) is 4.59. The van der Waals surface area contributed by atoms with Gasteiger partial charge >= 0.3 is 0 Å². The van der Waals surface area contributed by atoms with Crippen molar-refractivity contribution in [2.24, 2.45) is 0 Å². The SMILES string of the molecule is N#Cc1c(Cl)cccc1OCCCO. The largest absolute Gasteiger partial charge is 0.492 e. The van der Waals surface area contributed by atoms with Crippen molar-refractivity contribution in [3.8, 4) is 11.8 Å². The lowest BCUT2D eigenvalue weighted by Crippen LogP contribution is -2.01. The lowest BCUT2D eigenvalue weighted by molar-refractivity contribution is 0.233. The van der Waals surface area contributed by atoms with Crippen LogP contribution < -0.4 is 4.74 Å². The molecule has 0 heterocycles. The fourth-order valence-corrected chi connectivity index (χ4v) is 1.19. The van der Waals surface area contributed by atoms with Crippen molar-refractivity contribution < 1.29 is 9.84 Å². The number of ether oxygens (including phenoxy) is 1. The fourth-order valence-electron chi connectivity index (χ4n) is 0.980. The molecule has 0 fully saturated rings. The number of hydrogen-bond acceptors (Lipinski definition) is 3. The monoisotopic (exact) mass is 211 g/mol. The van der Waals surface area contributed by atoms with Crippen molar-refractivity contribution in [1.82, 2.24) is 0 Å². The number of aliphatic hydroxyl groups excluding tert-OH is 1. The summed E-state index contributed by atoms with van der Waals surface area (Å²) in [6.07, 6.45) is 0.539. The standard InChI is InChI=1S/C10H10ClNO2/c11-9-3-1-4-10(8(9)7-12)14-6-2-5-13/h1,3-4,13H,2,5-6H2. The van der Waals surface area contributed by atoms with E-state index in [4.69, 9.17) is 26.7 Å². The molecule has 0 bridgehead atoms. The maximum absolute atomic E-state index is 8.79. The molecule has 0 unspecified atom stereocenters. The Kier molecular flexibility index (Phi) is 4.24. The van der Waals surface area contributed by atoms with E-state index in [1.165, 1.54) is 0 Å². The van der Waals surface area contributed by atoms with Crippen molar-refractivity contribution in [1.29, 1.82) is 5.26 Å². The molecule has 1 N–H and O–H groups in total. The minimum atomic E-state index is 0.0719. The van der Waals surface area contributed by atoms with Gasteiger partial charge in [0.15, 0.2) is 0 Å². The minimum absolute atomic E-state index is 0.0719. The van der Waals surface area contributed by atoms with Gasteiger partial charge in [0, 0.05) is 13.0 Å². The summed E-state index contributed by atoms with van der Waals surface area (Å²) in [6, 6.07) is 7.01. The second-order valence-corrected chi connectivity index (χ2v) is 3.06. The highest BCUT2D eigenvalue weighted by molar-refractivity contribution is 6.31. The first-order valence-electron chi connectivity index (χ1n) is 4.22. The first-order chi connectivity index (χ1) is 6.79. The quantitative estimate of drug-likeness (QED) is 0.775. The van der Waals surface area contributed by atoms with Crippen LogP contribution in [0.3, 0.4) is 0 Å². The van der Waals surface area contributed by atoms with Crippen LogP contribution >= 0.6 is 11.6 Å². The molecule has 1 rings (SSSR count). The molecular formula is C10H10ClNO2. The molecule has 0 saturated heterocycles. The summed E-state index contributed by atoms with van der Waals surface area (Å²) >= 11 is 5.79. The molecule has 0 aliphatic carbocycles. The maximum atomic E-state index is 8.79. The van der Waals surface area contributed by atoms with Crippen molar-refractivity contribution >= 4 is 11.6 Å². The Bertz CT molecular complexity index is 346. The number of halogens is 1. The number of rotatable bonds is 4. The molecule has 4 heteroatoms. The molecule has 0 amide bonds. The highest BCUT2D eigenvalue weighted by Crippen LogP contribution is 2.25. The Balaban J connectivity index is 2.76. The van der Waals surface area contributed by atoms with Gasteiger partial charge in [-0.15, -0.1) is 0 Å². The Labute approximate surface area is 87.5 Å². The third-order valence-corrected chi connectivity index (χ3v) is 1.96. The molecule has 0 aromatic heterocycles. The Hall–Kier alpha value is -1.24. The Morgan fingerprint density at radius 3 is 2.93 bits per heavy atom. The van der Waals surface area contributed by atoms with E-state index in [1.807, 2.05) is 6.07 Å². The van der Waals surface area contributed by atoms with Gasteiger partial charge in [-0.1, -0.05) is 17.7 Å². The molecule has 0 aliphatic rings. The van der Waals surface area contributed by atoms with Gasteiger partial charge in [-0.3, -0.25) is 0 Å². The molecule has 1 aromatic carbocycles. The smallest absolute Gasteiger partial charge is 0.138 e. The van der Waals surface area contributed by atoms with Gasteiger partial charge in [0.1, 0.15) is 17.4 Å². The average Bonchev–Trinajstić information content (AvgIpc) is 2.18. The number of aliphatic hydroxyl groups is 1. The van der Waals surface area contributed by atoms with Gasteiger partial charge < -0.3 is 9.84 Å². The van der Waals surface area contributed by atoms with Crippen LogP contribution in [0.1, 0.15) is 12.0 Å². The molecule has 1 aromatic rings. The van der Waals surface area contributed by atoms with Crippen LogP contribution in [0.25, 0.3) is 0 Å². The summed E-state index contributed by atoms with van der Waals surface area (Å²) in [5.41, 5.74) is 0.340. The number of nitrogens with zero attached hydrogens (tertiary/aromatic N) is 1. The van der Waals surface area contributed by atoms with Gasteiger partial charge in [-0.25, -0.2) is 0 Å².